The molecule has 2 aromatic rings. The van der Waals surface area contributed by atoms with Gasteiger partial charge in [0.25, 0.3) is 0 Å². The van der Waals surface area contributed by atoms with E-state index in [1.165, 1.54) is 18.2 Å². The van der Waals surface area contributed by atoms with E-state index in [9.17, 15) is 18.0 Å². The summed E-state index contributed by atoms with van der Waals surface area (Å²) in [7, 11) is 1.55. The van der Waals surface area contributed by atoms with Crippen LogP contribution in [-0.4, -0.2) is 26.2 Å². The van der Waals surface area contributed by atoms with Gasteiger partial charge in [-0.15, -0.1) is 0 Å². The van der Waals surface area contributed by atoms with Crippen molar-refractivity contribution in [1.29, 1.82) is 0 Å². The highest BCUT2D eigenvalue weighted by atomic mass is 19.4. The molecule has 0 saturated carbocycles. The summed E-state index contributed by atoms with van der Waals surface area (Å²) in [6.45, 7) is 2.68. The Balaban J connectivity index is 1.86. The van der Waals surface area contributed by atoms with Gasteiger partial charge in [0.05, 0.1) is 19.3 Å². The van der Waals surface area contributed by atoms with Gasteiger partial charge in [0.2, 0.25) is 5.91 Å². The minimum absolute atomic E-state index is 0.291. The largest absolute Gasteiger partial charge is 0.493 e. The highest BCUT2D eigenvalue weighted by molar-refractivity contribution is 5.91. The van der Waals surface area contributed by atoms with Gasteiger partial charge in [-0.3, -0.25) is 4.79 Å². The number of methoxy groups -OCH3 is 1. The fourth-order valence-electron chi connectivity index (χ4n) is 2.49. The second-order valence-electron chi connectivity index (χ2n) is 5.91. The number of alkyl halides is 3. The van der Waals surface area contributed by atoms with Crippen LogP contribution >= 0.6 is 0 Å². The maximum Gasteiger partial charge on any atom is 0.416 e. The van der Waals surface area contributed by atoms with Gasteiger partial charge in [0, 0.05) is 12.6 Å². The smallest absolute Gasteiger partial charge is 0.416 e. The van der Waals surface area contributed by atoms with E-state index < -0.39 is 11.7 Å². The molecule has 2 aromatic carbocycles. The molecule has 0 aliphatic rings. The number of amides is 1. The quantitative estimate of drug-likeness (QED) is 0.673. The molecule has 0 aliphatic heterocycles. The van der Waals surface area contributed by atoms with Crippen LogP contribution in [0.3, 0.4) is 0 Å². The van der Waals surface area contributed by atoms with E-state index in [2.05, 4.69) is 5.32 Å². The number of carbonyl (C=O) groups excluding carboxylic acids is 1. The number of nitrogens with one attached hydrogen (secondary N) is 1. The number of ether oxygens (including phenoxy) is 2. The zero-order valence-corrected chi connectivity index (χ0v) is 15.7. The van der Waals surface area contributed by atoms with Gasteiger partial charge in [-0.1, -0.05) is 18.2 Å². The summed E-state index contributed by atoms with van der Waals surface area (Å²) in [6.07, 6.45) is -0.866. The molecule has 1 N–H and O–H groups in total. The summed E-state index contributed by atoms with van der Waals surface area (Å²) < 4.78 is 48.3. The van der Waals surface area contributed by atoms with Gasteiger partial charge in [-0.2, -0.15) is 13.2 Å². The molecule has 0 saturated heterocycles. The third-order valence-electron chi connectivity index (χ3n) is 3.91. The molecule has 150 valence electrons. The van der Waals surface area contributed by atoms with Gasteiger partial charge >= 0.3 is 6.18 Å². The van der Waals surface area contributed by atoms with Crippen LogP contribution in [0, 0.1) is 0 Å². The first-order valence-electron chi connectivity index (χ1n) is 8.76. The summed E-state index contributed by atoms with van der Waals surface area (Å²) in [5.41, 5.74) is 0.810. The predicted molar refractivity (Wildman–Crippen MR) is 101 cm³/mol. The first-order valence-corrected chi connectivity index (χ1v) is 8.76. The lowest BCUT2D eigenvalue weighted by molar-refractivity contribution is -0.137. The molecule has 2 rings (SSSR count). The molecule has 0 atom stereocenters. The molecule has 0 heterocycles. The zero-order chi connectivity index (χ0) is 20.6. The van der Waals surface area contributed by atoms with Crippen LogP contribution in [-0.2, 0) is 17.4 Å². The first-order chi connectivity index (χ1) is 13.3. The highest BCUT2D eigenvalue weighted by Gasteiger charge is 2.29. The van der Waals surface area contributed by atoms with Crippen LogP contribution in [0.4, 0.5) is 13.2 Å². The standard InChI is InChI=1S/C21H22F3NO3/c1-3-28-19-14-16(6-10-18(19)27-2)7-11-20(26)25-13-12-15-4-8-17(9-5-15)21(22,23)24/h4-11,14H,3,12-13H2,1-2H3,(H,25,26)/b11-7+. The number of benzene rings is 2. The SMILES string of the molecule is CCOc1cc(/C=C/C(=O)NCCc2ccc(C(F)(F)F)cc2)ccc1OC. The second-order valence-corrected chi connectivity index (χ2v) is 5.91. The fraction of sp³-hybridized carbons (Fsp3) is 0.286. The molecular formula is C21H22F3NO3. The van der Waals surface area contributed by atoms with E-state index in [4.69, 9.17) is 9.47 Å². The predicted octanol–water partition coefficient (Wildman–Crippen LogP) is 4.48. The van der Waals surface area contributed by atoms with E-state index in [0.29, 0.717) is 36.6 Å². The van der Waals surface area contributed by atoms with Crippen molar-refractivity contribution in [1.82, 2.24) is 5.32 Å². The number of halogens is 3. The lowest BCUT2D eigenvalue weighted by atomic mass is 10.1. The molecule has 0 aliphatic carbocycles. The monoisotopic (exact) mass is 393 g/mol. The van der Waals surface area contributed by atoms with Crippen LogP contribution in [0.25, 0.3) is 6.08 Å². The molecule has 28 heavy (non-hydrogen) atoms. The Morgan fingerprint density at radius 2 is 1.82 bits per heavy atom. The molecule has 0 aromatic heterocycles. The lowest BCUT2D eigenvalue weighted by Crippen LogP contribution is -2.23. The molecule has 0 spiro atoms. The van der Waals surface area contributed by atoms with Gasteiger partial charge in [-0.05, 0) is 54.8 Å². The number of hydrogen-bond donors (Lipinski definition) is 1. The van der Waals surface area contributed by atoms with Gasteiger partial charge < -0.3 is 14.8 Å². The van der Waals surface area contributed by atoms with Crippen molar-refractivity contribution >= 4 is 12.0 Å². The van der Waals surface area contributed by atoms with Crippen molar-refractivity contribution in [2.45, 2.75) is 19.5 Å². The van der Waals surface area contributed by atoms with E-state index in [1.54, 1.807) is 31.4 Å². The maximum atomic E-state index is 12.5. The summed E-state index contributed by atoms with van der Waals surface area (Å²) in [5, 5.41) is 2.70. The Kier molecular flexibility index (Phi) is 7.49. The Bertz CT molecular complexity index is 815. The minimum Gasteiger partial charge on any atom is -0.493 e. The summed E-state index contributed by atoms with van der Waals surface area (Å²) in [5.74, 6) is 0.913. The van der Waals surface area contributed by atoms with E-state index >= 15 is 0 Å². The van der Waals surface area contributed by atoms with Crippen LogP contribution in [0.5, 0.6) is 11.5 Å². The molecule has 0 unspecified atom stereocenters. The lowest BCUT2D eigenvalue weighted by Gasteiger charge is -2.09. The van der Waals surface area contributed by atoms with Crippen LogP contribution in [0.2, 0.25) is 0 Å². The van der Waals surface area contributed by atoms with Crippen molar-refractivity contribution < 1.29 is 27.4 Å². The highest BCUT2D eigenvalue weighted by Crippen LogP contribution is 2.29. The Morgan fingerprint density at radius 1 is 1.11 bits per heavy atom. The fourth-order valence-corrected chi connectivity index (χ4v) is 2.49. The summed E-state index contributed by atoms with van der Waals surface area (Å²) in [4.78, 5) is 11.9. The van der Waals surface area contributed by atoms with E-state index in [-0.39, 0.29) is 5.91 Å². The van der Waals surface area contributed by atoms with Crippen molar-refractivity contribution in [3.8, 4) is 11.5 Å². The Morgan fingerprint density at radius 3 is 2.43 bits per heavy atom. The molecule has 1 amide bonds. The maximum absolute atomic E-state index is 12.5. The van der Waals surface area contributed by atoms with Gasteiger partial charge in [0.15, 0.2) is 11.5 Å². The average Bonchev–Trinajstić information content (AvgIpc) is 2.66. The van der Waals surface area contributed by atoms with Crippen molar-refractivity contribution in [2.75, 3.05) is 20.3 Å². The Hall–Kier alpha value is -2.96. The third kappa shape index (κ3) is 6.33. The van der Waals surface area contributed by atoms with Crippen molar-refractivity contribution in [3.05, 3.63) is 65.2 Å². The zero-order valence-electron chi connectivity index (χ0n) is 15.7. The third-order valence-corrected chi connectivity index (χ3v) is 3.91. The van der Waals surface area contributed by atoms with Gasteiger partial charge in [-0.25, -0.2) is 0 Å². The molecule has 0 fully saturated rings. The van der Waals surface area contributed by atoms with Crippen molar-refractivity contribution in [3.63, 3.8) is 0 Å². The van der Waals surface area contributed by atoms with Crippen LogP contribution in [0.15, 0.2) is 48.5 Å². The molecule has 7 heteroatoms. The average molecular weight is 393 g/mol. The number of rotatable bonds is 8. The molecule has 4 nitrogen and oxygen atoms in total. The topological polar surface area (TPSA) is 47.6 Å². The normalized spacial score (nSPS) is 11.5. The molecule has 0 radical (unpaired) electrons. The molecule has 0 bridgehead atoms. The Labute approximate surface area is 162 Å². The van der Waals surface area contributed by atoms with E-state index in [1.807, 2.05) is 6.92 Å². The summed E-state index contributed by atoms with van der Waals surface area (Å²) >= 11 is 0. The minimum atomic E-state index is -4.35. The van der Waals surface area contributed by atoms with Crippen LogP contribution < -0.4 is 14.8 Å². The second kappa shape index (κ2) is 9.82. The first kappa shape index (κ1) is 21.3. The molecular weight excluding hydrogens is 371 g/mol. The van der Waals surface area contributed by atoms with Gasteiger partial charge in [0.1, 0.15) is 0 Å². The number of hydrogen-bond acceptors (Lipinski definition) is 3. The van der Waals surface area contributed by atoms with E-state index in [0.717, 1.165) is 17.7 Å². The van der Waals surface area contributed by atoms with Crippen LogP contribution in [0.1, 0.15) is 23.6 Å². The van der Waals surface area contributed by atoms with Crippen molar-refractivity contribution in [2.24, 2.45) is 0 Å². The number of carbonyl (C=O) groups is 1. The summed E-state index contributed by atoms with van der Waals surface area (Å²) in [6, 6.07) is 10.2.